The Labute approximate surface area is 121 Å². The maximum absolute atomic E-state index is 5.96. The van der Waals surface area contributed by atoms with Crippen molar-refractivity contribution in [2.75, 3.05) is 44.6 Å². The van der Waals surface area contributed by atoms with Crippen molar-refractivity contribution in [2.24, 2.45) is 0 Å². The molecule has 1 heterocycles. The first-order valence-electron chi connectivity index (χ1n) is 7.11. The quantitative estimate of drug-likeness (QED) is 0.895. The van der Waals surface area contributed by atoms with Gasteiger partial charge in [0.1, 0.15) is 0 Å². The number of rotatable bonds is 5. The minimum Gasteiger partial charge on any atom is -0.384 e. The Hall–Kier alpha value is -0.770. The van der Waals surface area contributed by atoms with Crippen molar-refractivity contribution in [2.45, 2.75) is 19.9 Å². The number of nitrogens with zero attached hydrogens (tertiary/aromatic N) is 2. The molecule has 0 spiro atoms. The largest absolute Gasteiger partial charge is 0.384 e. The molecule has 0 amide bonds. The van der Waals surface area contributed by atoms with Gasteiger partial charge in [0, 0.05) is 56.0 Å². The molecule has 1 aliphatic heterocycles. The Kier molecular flexibility index (Phi) is 5.49. The Morgan fingerprint density at radius 3 is 2.58 bits per heavy atom. The number of hydrogen-bond donors (Lipinski definition) is 1. The van der Waals surface area contributed by atoms with Gasteiger partial charge in [-0.05, 0) is 32.0 Å². The highest BCUT2D eigenvalue weighted by Gasteiger charge is 2.17. The molecule has 0 saturated carbocycles. The minimum atomic E-state index is 0.673. The van der Waals surface area contributed by atoms with Gasteiger partial charge in [0.2, 0.25) is 0 Å². The highest BCUT2D eigenvalue weighted by atomic mass is 35.5. The molecule has 0 radical (unpaired) electrons. The van der Waals surface area contributed by atoms with E-state index in [0.29, 0.717) is 6.04 Å². The summed E-state index contributed by atoms with van der Waals surface area (Å²) in [6.07, 6.45) is 0. The molecule has 1 N–H and O–H groups in total. The zero-order chi connectivity index (χ0) is 13.7. The van der Waals surface area contributed by atoms with Crippen molar-refractivity contribution in [3.05, 3.63) is 29.3 Å². The molecule has 1 aliphatic rings. The molecule has 0 aliphatic carbocycles. The second-order valence-electron chi connectivity index (χ2n) is 5.41. The van der Waals surface area contributed by atoms with Crippen LogP contribution in [0.15, 0.2) is 24.3 Å². The van der Waals surface area contributed by atoms with E-state index in [1.54, 1.807) is 0 Å². The maximum atomic E-state index is 5.96. The van der Waals surface area contributed by atoms with E-state index >= 15 is 0 Å². The van der Waals surface area contributed by atoms with Crippen LogP contribution in [0.1, 0.15) is 13.8 Å². The van der Waals surface area contributed by atoms with Gasteiger partial charge in [0.15, 0.2) is 0 Å². The lowest BCUT2D eigenvalue weighted by Gasteiger charge is -2.36. The molecule has 1 aromatic carbocycles. The molecule has 0 bridgehead atoms. The van der Waals surface area contributed by atoms with Crippen LogP contribution in [0.5, 0.6) is 0 Å². The third-order valence-corrected chi connectivity index (χ3v) is 3.95. The molecular formula is C15H24ClN3. The van der Waals surface area contributed by atoms with E-state index < -0.39 is 0 Å². The van der Waals surface area contributed by atoms with E-state index in [-0.39, 0.29) is 0 Å². The van der Waals surface area contributed by atoms with Crippen molar-refractivity contribution in [1.29, 1.82) is 0 Å². The molecule has 1 fully saturated rings. The second-order valence-corrected chi connectivity index (χ2v) is 5.84. The number of benzene rings is 1. The molecule has 0 aromatic heterocycles. The number of nitrogens with one attached hydrogen (secondary N) is 1. The Morgan fingerprint density at radius 2 is 1.95 bits per heavy atom. The fourth-order valence-electron chi connectivity index (χ4n) is 2.46. The summed E-state index contributed by atoms with van der Waals surface area (Å²) in [7, 11) is 0. The monoisotopic (exact) mass is 281 g/mol. The van der Waals surface area contributed by atoms with Crippen LogP contribution in [0, 0.1) is 0 Å². The van der Waals surface area contributed by atoms with Gasteiger partial charge in [-0.3, -0.25) is 9.80 Å². The lowest BCUT2D eigenvalue weighted by molar-refractivity contribution is 0.111. The summed E-state index contributed by atoms with van der Waals surface area (Å²) in [5.74, 6) is 0. The molecule has 0 unspecified atom stereocenters. The van der Waals surface area contributed by atoms with E-state index in [1.807, 2.05) is 18.2 Å². The van der Waals surface area contributed by atoms with E-state index in [2.05, 4.69) is 35.0 Å². The summed E-state index contributed by atoms with van der Waals surface area (Å²) in [6, 6.07) is 8.58. The molecule has 0 atom stereocenters. The number of halogens is 1. The Bertz CT molecular complexity index is 387. The van der Waals surface area contributed by atoms with Gasteiger partial charge in [-0.15, -0.1) is 0 Å². The zero-order valence-corrected chi connectivity index (χ0v) is 12.7. The summed E-state index contributed by atoms with van der Waals surface area (Å²) in [5, 5.41) is 4.21. The van der Waals surface area contributed by atoms with Crippen LogP contribution in [0.4, 0.5) is 5.69 Å². The smallest absolute Gasteiger partial charge is 0.0426 e. The van der Waals surface area contributed by atoms with E-state index in [0.717, 1.165) is 23.8 Å². The lowest BCUT2D eigenvalue weighted by atomic mass is 10.2. The van der Waals surface area contributed by atoms with Gasteiger partial charge in [0.25, 0.3) is 0 Å². The van der Waals surface area contributed by atoms with Crippen molar-refractivity contribution in [1.82, 2.24) is 9.80 Å². The van der Waals surface area contributed by atoms with Crippen molar-refractivity contribution < 1.29 is 0 Å². The molecule has 19 heavy (non-hydrogen) atoms. The first-order chi connectivity index (χ1) is 9.15. The van der Waals surface area contributed by atoms with E-state index in [9.17, 15) is 0 Å². The van der Waals surface area contributed by atoms with Crippen LogP contribution in [0.25, 0.3) is 0 Å². The molecule has 106 valence electrons. The fraction of sp³-hybridized carbons (Fsp3) is 0.600. The van der Waals surface area contributed by atoms with Crippen LogP contribution in [0.3, 0.4) is 0 Å². The van der Waals surface area contributed by atoms with E-state index in [1.165, 1.54) is 26.2 Å². The van der Waals surface area contributed by atoms with Gasteiger partial charge >= 0.3 is 0 Å². The SMILES string of the molecule is CC(C)N1CCN(CCNc2cccc(Cl)c2)CC1. The predicted molar refractivity (Wildman–Crippen MR) is 83.1 cm³/mol. The second kappa shape index (κ2) is 7.13. The number of piperazine rings is 1. The first-order valence-corrected chi connectivity index (χ1v) is 7.49. The summed E-state index contributed by atoms with van der Waals surface area (Å²) < 4.78 is 0. The number of anilines is 1. The third kappa shape index (κ3) is 4.68. The molecular weight excluding hydrogens is 258 g/mol. The predicted octanol–water partition coefficient (Wildman–Crippen LogP) is 2.78. The molecule has 1 aromatic rings. The molecule has 4 heteroatoms. The van der Waals surface area contributed by atoms with Crippen molar-refractivity contribution in [3.63, 3.8) is 0 Å². The van der Waals surface area contributed by atoms with Gasteiger partial charge < -0.3 is 5.32 Å². The number of hydrogen-bond acceptors (Lipinski definition) is 3. The highest BCUT2D eigenvalue weighted by Crippen LogP contribution is 2.14. The fourth-order valence-corrected chi connectivity index (χ4v) is 2.65. The van der Waals surface area contributed by atoms with Gasteiger partial charge in [-0.25, -0.2) is 0 Å². The van der Waals surface area contributed by atoms with Crippen molar-refractivity contribution in [3.8, 4) is 0 Å². The highest BCUT2D eigenvalue weighted by molar-refractivity contribution is 6.30. The normalized spacial score (nSPS) is 17.9. The summed E-state index contributed by atoms with van der Waals surface area (Å²) in [5.41, 5.74) is 1.10. The summed E-state index contributed by atoms with van der Waals surface area (Å²) in [4.78, 5) is 5.07. The van der Waals surface area contributed by atoms with Gasteiger partial charge in [-0.2, -0.15) is 0 Å². The van der Waals surface area contributed by atoms with Crippen LogP contribution in [-0.2, 0) is 0 Å². The zero-order valence-electron chi connectivity index (χ0n) is 11.9. The Balaban J connectivity index is 1.67. The van der Waals surface area contributed by atoms with Crippen LogP contribution in [-0.4, -0.2) is 55.1 Å². The first kappa shape index (κ1) is 14.6. The van der Waals surface area contributed by atoms with Crippen LogP contribution in [0.2, 0.25) is 5.02 Å². The summed E-state index contributed by atoms with van der Waals surface area (Å²) in [6.45, 7) is 11.3. The van der Waals surface area contributed by atoms with Gasteiger partial charge in [0.05, 0.1) is 0 Å². The van der Waals surface area contributed by atoms with Gasteiger partial charge in [-0.1, -0.05) is 17.7 Å². The lowest BCUT2D eigenvalue weighted by Crippen LogP contribution is -2.49. The molecule has 2 rings (SSSR count). The van der Waals surface area contributed by atoms with Crippen LogP contribution < -0.4 is 5.32 Å². The Morgan fingerprint density at radius 1 is 1.21 bits per heavy atom. The average molecular weight is 282 g/mol. The molecule has 3 nitrogen and oxygen atoms in total. The average Bonchev–Trinajstić information content (AvgIpc) is 2.39. The van der Waals surface area contributed by atoms with Crippen molar-refractivity contribution >= 4 is 17.3 Å². The van der Waals surface area contributed by atoms with Crippen LogP contribution >= 0.6 is 11.6 Å². The maximum Gasteiger partial charge on any atom is 0.0426 e. The minimum absolute atomic E-state index is 0.673. The molecule has 1 saturated heterocycles. The van der Waals surface area contributed by atoms with E-state index in [4.69, 9.17) is 11.6 Å². The third-order valence-electron chi connectivity index (χ3n) is 3.72. The standard InChI is InChI=1S/C15H24ClN3/c1-13(2)19-10-8-18(9-11-19)7-6-17-15-5-3-4-14(16)12-15/h3-5,12-13,17H,6-11H2,1-2H3. The topological polar surface area (TPSA) is 18.5 Å². The summed E-state index contributed by atoms with van der Waals surface area (Å²) >= 11 is 5.96.